The minimum Gasteiger partial charge on any atom is -0.355 e. The van der Waals surface area contributed by atoms with Crippen molar-refractivity contribution in [2.24, 2.45) is 11.1 Å². The third-order valence-corrected chi connectivity index (χ3v) is 9.23. The van der Waals surface area contributed by atoms with Gasteiger partial charge in [-0.15, -0.1) is 0 Å². The number of nitrogens with two attached hydrogens (primary N) is 1. The molecule has 0 aliphatic carbocycles. The first-order valence-electron chi connectivity index (χ1n) is 13.6. The Hall–Kier alpha value is -3.21. The highest BCUT2D eigenvalue weighted by molar-refractivity contribution is 7.89. The third-order valence-electron chi connectivity index (χ3n) is 8.00. The molecule has 0 atom stereocenters. The number of halogens is 1. The monoisotopic (exact) mass is 582 g/mol. The van der Waals surface area contributed by atoms with Crippen LogP contribution in [-0.2, 0) is 16.4 Å². The highest BCUT2D eigenvalue weighted by atomic mass is 35.5. The van der Waals surface area contributed by atoms with E-state index in [-0.39, 0.29) is 10.8 Å². The molecule has 4 heterocycles. The fourth-order valence-corrected chi connectivity index (χ4v) is 6.70. The van der Waals surface area contributed by atoms with Gasteiger partial charge in [0.25, 0.3) is 5.91 Å². The van der Waals surface area contributed by atoms with Crippen LogP contribution in [0.5, 0.6) is 0 Å². The number of hydrogen-bond donors (Lipinski definition) is 1. The number of nitrogens with zero attached hydrogens (tertiary/aromatic N) is 5. The van der Waals surface area contributed by atoms with Crippen molar-refractivity contribution >= 4 is 39.2 Å². The molecule has 40 heavy (non-hydrogen) atoms. The van der Waals surface area contributed by atoms with Gasteiger partial charge in [-0.1, -0.05) is 17.7 Å². The average molecular weight is 583 g/mol. The lowest BCUT2D eigenvalue weighted by Crippen LogP contribution is -2.49. The molecular formula is C29H35ClN6O3S. The maximum absolute atomic E-state index is 13.6. The van der Waals surface area contributed by atoms with Crippen molar-refractivity contribution in [2.45, 2.75) is 38.0 Å². The topological polar surface area (TPSA) is 113 Å². The summed E-state index contributed by atoms with van der Waals surface area (Å²) in [6, 6.07) is 10.9. The van der Waals surface area contributed by atoms with Crippen LogP contribution in [0.15, 0.2) is 53.7 Å². The van der Waals surface area contributed by atoms with Crippen LogP contribution >= 0.6 is 11.6 Å². The zero-order valence-corrected chi connectivity index (χ0v) is 24.5. The Labute approximate surface area is 241 Å². The molecule has 0 radical (unpaired) electrons. The molecule has 3 aromatic rings. The quantitative estimate of drug-likeness (QED) is 0.470. The Morgan fingerprint density at radius 1 is 0.925 bits per heavy atom. The Balaban J connectivity index is 1.24. The van der Waals surface area contributed by atoms with Crippen LogP contribution in [0.4, 0.5) is 11.6 Å². The predicted octanol–water partition coefficient (Wildman–Crippen LogP) is 3.82. The molecule has 0 saturated carbocycles. The second-order valence-corrected chi connectivity index (χ2v) is 12.6. The number of benzene rings is 1. The maximum Gasteiger partial charge on any atom is 0.254 e. The van der Waals surface area contributed by atoms with Crippen LogP contribution in [-0.4, -0.2) is 68.5 Å². The lowest BCUT2D eigenvalue weighted by atomic mass is 9.87. The lowest BCUT2D eigenvalue weighted by molar-refractivity contribution is 0.0745. The van der Waals surface area contributed by atoms with Gasteiger partial charge >= 0.3 is 0 Å². The first-order valence-corrected chi connectivity index (χ1v) is 15.5. The molecule has 2 saturated heterocycles. The zero-order valence-electron chi connectivity index (χ0n) is 22.9. The van der Waals surface area contributed by atoms with Crippen LogP contribution < -0.4 is 14.9 Å². The summed E-state index contributed by atoms with van der Waals surface area (Å²) in [6.07, 6.45) is 6.34. The number of rotatable bonds is 6. The minimum absolute atomic E-state index is 0.00256. The molecule has 5 rings (SSSR count). The second kappa shape index (κ2) is 11.7. The standard InChI is InChI=1S/C29H35ClN6O3S/c1-20-17-21(2)24(19-23(20)18-22-7-11-34(12-8-22)27-25(30)5-3-9-32-27)29(37)36-15-13-35(14-16-36)28-26(40(31,38)39)6-4-10-33-28/h3-6,9-10,17,19,22H,7-8,11-16,18H2,1-2H3,(H2,31,38,39). The van der Waals surface area contributed by atoms with Gasteiger partial charge in [0.1, 0.15) is 16.5 Å². The molecule has 0 unspecified atom stereocenters. The summed E-state index contributed by atoms with van der Waals surface area (Å²) in [5.41, 5.74) is 4.12. The molecule has 0 bridgehead atoms. The van der Waals surface area contributed by atoms with Crippen LogP contribution in [0.2, 0.25) is 5.02 Å². The number of aromatic nitrogens is 2. The van der Waals surface area contributed by atoms with E-state index in [1.807, 2.05) is 28.9 Å². The molecule has 11 heteroatoms. The van der Waals surface area contributed by atoms with E-state index in [1.165, 1.54) is 17.2 Å². The van der Waals surface area contributed by atoms with Gasteiger partial charge in [0.05, 0.1) is 5.02 Å². The zero-order chi connectivity index (χ0) is 28.4. The lowest BCUT2D eigenvalue weighted by Gasteiger charge is -2.36. The Bertz CT molecular complexity index is 1500. The number of anilines is 2. The molecule has 2 fully saturated rings. The Kier molecular flexibility index (Phi) is 8.30. The van der Waals surface area contributed by atoms with Gasteiger partial charge in [-0.25, -0.2) is 23.5 Å². The normalized spacial score (nSPS) is 16.9. The maximum atomic E-state index is 13.6. The molecule has 2 aromatic heterocycles. The number of piperazine rings is 1. The van der Waals surface area contributed by atoms with Crippen molar-refractivity contribution in [3.05, 3.63) is 76.1 Å². The van der Waals surface area contributed by atoms with Crippen LogP contribution in [0, 0.1) is 19.8 Å². The molecule has 1 aromatic carbocycles. The molecule has 0 spiro atoms. The van der Waals surface area contributed by atoms with Crippen molar-refractivity contribution in [1.29, 1.82) is 0 Å². The van der Waals surface area contributed by atoms with Crippen LogP contribution in [0.1, 0.15) is 39.9 Å². The highest BCUT2D eigenvalue weighted by Gasteiger charge is 2.28. The van der Waals surface area contributed by atoms with Gasteiger partial charge in [-0.3, -0.25) is 4.79 Å². The Morgan fingerprint density at radius 2 is 1.55 bits per heavy atom. The number of pyridine rings is 2. The molecule has 2 N–H and O–H groups in total. The SMILES string of the molecule is Cc1cc(C)c(C(=O)N2CCN(c3ncccc3S(N)(=O)=O)CC2)cc1CC1CCN(c2ncccc2Cl)CC1. The summed E-state index contributed by atoms with van der Waals surface area (Å²) >= 11 is 6.36. The summed E-state index contributed by atoms with van der Waals surface area (Å²) < 4.78 is 24.0. The van der Waals surface area contributed by atoms with Gasteiger partial charge in [0.2, 0.25) is 10.0 Å². The summed E-state index contributed by atoms with van der Waals surface area (Å²) in [6.45, 7) is 7.81. The second-order valence-electron chi connectivity index (χ2n) is 10.7. The van der Waals surface area contributed by atoms with E-state index in [4.69, 9.17) is 16.7 Å². The van der Waals surface area contributed by atoms with Gasteiger partial charge < -0.3 is 14.7 Å². The largest absolute Gasteiger partial charge is 0.355 e. The van der Waals surface area contributed by atoms with Crippen LogP contribution in [0.25, 0.3) is 0 Å². The van der Waals surface area contributed by atoms with E-state index < -0.39 is 10.0 Å². The van der Waals surface area contributed by atoms with Crippen molar-refractivity contribution in [3.63, 3.8) is 0 Å². The number of piperidine rings is 1. The fraction of sp³-hybridized carbons (Fsp3) is 0.414. The smallest absolute Gasteiger partial charge is 0.254 e. The Morgan fingerprint density at radius 3 is 2.20 bits per heavy atom. The number of sulfonamides is 1. The molecule has 9 nitrogen and oxygen atoms in total. The molecule has 212 valence electrons. The molecule has 2 aliphatic heterocycles. The molecule has 2 aliphatic rings. The van der Waals surface area contributed by atoms with Gasteiger partial charge in [-0.05, 0) is 86.1 Å². The third kappa shape index (κ3) is 6.09. The van der Waals surface area contributed by atoms with E-state index in [0.717, 1.165) is 49.3 Å². The van der Waals surface area contributed by atoms with Crippen LogP contribution in [0.3, 0.4) is 0 Å². The number of carbonyl (C=O) groups is 1. The number of carbonyl (C=O) groups excluding carboxylic acids is 1. The van der Waals surface area contributed by atoms with Crippen molar-refractivity contribution < 1.29 is 13.2 Å². The number of amides is 1. The number of aryl methyl sites for hydroxylation is 2. The van der Waals surface area contributed by atoms with E-state index >= 15 is 0 Å². The molecular weight excluding hydrogens is 548 g/mol. The summed E-state index contributed by atoms with van der Waals surface area (Å²) in [4.78, 5) is 28.3. The van der Waals surface area contributed by atoms with E-state index in [2.05, 4.69) is 33.9 Å². The average Bonchev–Trinajstić information content (AvgIpc) is 2.94. The van der Waals surface area contributed by atoms with Gasteiger partial charge in [-0.2, -0.15) is 0 Å². The minimum atomic E-state index is -3.90. The number of hydrogen-bond acceptors (Lipinski definition) is 7. The predicted molar refractivity (Wildman–Crippen MR) is 158 cm³/mol. The van der Waals surface area contributed by atoms with E-state index in [9.17, 15) is 13.2 Å². The van der Waals surface area contributed by atoms with E-state index in [0.29, 0.717) is 42.9 Å². The van der Waals surface area contributed by atoms with Gasteiger partial charge in [0, 0.05) is 57.2 Å². The first kappa shape index (κ1) is 28.3. The first-order chi connectivity index (χ1) is 19.1. The fourth-order valence-electron chi connectivity index (χ4n) is 5.75. The number of primary sulfonamides is 1. The highest BCUT2D eigenvalue weighted by Crippen LogP contribution is 2.30. The summed E-state index contributed by atoms with van der Waals surface area (Å²) in [7, 11) is -3.90. The molecule has 1 amide bonds. The van der Waals surface area contributed by atoms with Crippen molar-refractivity contribution in [2.75, 3.05) is 49.1 Å². The van der Waals surface area contributed by atoms with Crippen molar-refractivity contribution in [1.82, 2.24) is 14.9 Å². The summed E-state index contributed by atoms with van der Waals surface area (Å²) in [5, 5.41) is 6.08. The van der Waals surface area contributed by atoms with Gasteiger partial charge in [0.15, 0.2) is 0 Å². The van der Waals surface area contributed by atoms with Crippen molar-refractivity contribution in [3.8, 4) is 0 Å². The van der Waals surface area contributed by atoms with E-state index in [1.54, 1.807) is 18.5 Å². The summed E-state index contributed by atoms with van der Waals surface area (Å²) in [5.74, 6) is 1.72.